The Hall–Kier alpha value is -2.49. The van der Waals surface area contributed by atoms with Gasteiger partial charge in [0.05, 0.1) is 6.54 Å². The van der Waals surface area contributed by atoms with Crippen molar-refractivity contribution in [3.8, 4) is 0 Å². The van der Waals surface area contributed by atoms with E-state index in [1.54, 1.807) is 0 Å². The number of amides is 4. The molecule has 0 atom stereocenters. The zero-order chi connectivity index (χ0) is 15.7. The topological polar surface area (TPSA) is 153 Å². The lowest BCUT2D eigenvalue weighted by atomic mass is 10.4. The van der Waals surface area contributed by atoms with Gasteiger partial charge in [-0.2, -0.15) is 5.06 Å². The molecule has 10 nitrogen and oxygen atoms in total. The summed E-state index contributed by atoms with van der Waals surface area (Å²) in [5.41, 5.74) is 0. The molecule has 0 bridgehead atoms. The van der Waals surface area contributed by atoms with Gasteiger partial charge in [0, 0.05) is 19.8 Å². The first kappa shape index (κ1) is 17.5. The molecular weight excluding hydrogens is 274 g/mol. The van der Waals surface area contributed by atoms with Gasteiger partial charge in [-0.15, -0.1) is 0 Å². The van der Waals surface area contributed by atoms with E-state index in [0.29, 0.717) is 0 Å². The average Bonchev–Trinajstić information content (AvgIpc) is 2.66. The molecule has 0 radical (unpaired) electrons. The minimum absolute atomic E-state index is 0.148. The van der Waals surface area contributed by atoms with E-state index in [-0.39, 0.29) is 30.4 Å². The molecule has 1 aliphatic heterocycles. The lowest BCUT2D eigenvalue weighted by Gasteiger charge is -2.01. The van der Waals surface area contributed by atoms with Crippen molar-refractivity contribution in [2.45, 2.75) is 19.8 Å². The molecule has 1 rings (SSSR count). The highest BCUT2D eigenvalue weighted by Gasteiger charge is 2.26. The Bertz CT molecular complexity index is 385. The zero-order valence-electron chi connectivity index (χ0n) is 10.7. The third-order valence-electron chi connectivity index (χ3n) is 1.96. The van der Waals surface area contributed by atoms with Crippen LogP contribution in [0.4, 0.5) is 0 Å². The lowest BCUT2D eigenvalue weighted by Crippen LogP contribution is -2.38. The fourth-order valence-electron chi connectivity index (χ4n) is 1.01. The van der Waals surface area contributed by atoms with Gasteiger partial charge >= 0.3 is 5.97 Å². The third-order valence-corrected chi connectivity index (χ3v) is 1.96. The Morgan fingerprint density at radius 1 is 1.10 bits per heavy atom. The summed E-state index contributed by atoms with van der Waals surface area (Å²) in [7, 11) is 0. The van der Waals surface area contributed by atoms with E-state index in [1.807, 2.05) is 0 Å². The summed E-state index contributed by atoms with van der Waals surface area (Å²) in [5.74, 6) is -2.98. The van der Waals surface area contributed by atoms with Gasteiger partial charge in [0.15, 0.2) is 0 Å². The van der Waals surface area contributed by atoms with Crippen LogP contribution in [0.15, 0.2) is 0 Å². The van der Waals surface area contributed by atoms with E-state index in [0.717, 1.165) is 0 Å². The van der Waals surface area contributed by atoms with Crippen molar-refractivity contribution in [3.63, 3.8) is 0 Å². The standard InChI is InChI=1S/C6H10N2O4.C4H5NO3/c1-4(9)7-2-5(10)8-3-6(11)12;6-3-1-2-4(7)5(3)8/h2-3H2,1H3,(H,7,9)(H,8,10)(H,11,12);8H,1-2H2. The van der Waals surface area contributed by atoms with Crippen LogP contribution in [0.5, 0.6) is 0 Å². The van der Waals surface area contributed by atoms with Crippen molar-refractivity contribution in [1.29, 1.82) is 0 Å². The molecule has 0 saturated carbocycles. The van der Waals surface area contributed by atoms with Crippen LogP contribution in [-0.4, -0.2) is 58.1 Å². The van der Waals surface area contributed by atoms with Crippen molar-refractivity contribution in [2.75, 3.05) is 13.1 Å². The molecule has 4 N–H and O–H groups in total. The van der Waals surface area contributed by atoms with E-state index < -0.39 is 30.2 Å². The first-order valence-electron chi connectivity index (χ1n) is 5.51. The van der Waals surface area contributed by atoms with E-state index in [4.69, 9.17) is 10.3 Å². The first-order chi connectivity index (χ1) is 9.23. The number of nitrogens with one attached hydrogen (secondary N) is 2. The maximum atomic E-state index is 10.7. The van der Waals surface area contributed by atoms with Gasteiger partial charge in [-0.3, -0.25) is 29.2 Å². The van der Waals surface area contributed by atoms with Crippen molar-refractivity contribution in [3.05, 3.63) is 0 Å². The Labute approximate surface area is 113 Å². The fraction of sp³-hybridized carbons (Fsp3) is 0.500. The average molecular weight is 289 g/mol. The lowest BCUT2D eigenvalue weighted by molar-refractivity contribution is -0.171. The maximum absolute atomic E-state index is 10.7. The number of rotatable bonds is 4. The van der Waals surface area contributed by atoms with Crippen LogP contribution in [0.1, 0.15) is 19.8 Å². The molecule has 1 aliphatic rings. The highest BCUT2D eigenvalue weighted by atomic mass is 16.5. The van der Waals surface area contributed by atoms with E-state index in [9.17, 15) is 24.0 Å². The molecular formula is C10H15N3O7. The Morgan fingerprint density at radius 2 is 1.60 bits per heavy atom. The Morgan fingerprint density at radius 3 is 1.90 bits per heavy atom. The molecule has 20 heavy (non-hydrogen) atoms. The van der Waals surface area contributed by atoms with Crippen molar-refractivity contribution in [2.24, 2.45) is 0 Å². The quantitative estimate of drug-likeness (QED) is 0.340. The zero-order valence-corrected chi connectivity index (χ0v) is 10.7. The van der Waals surface area contributed by atoms with Crippen LogP contribution in [-0.2, 0) is 24.0 Å². The van der Waals surface area contributed by atoms with Gasteiger partial charge in [-0.25, -0.2) is 0 Å². The van der Waals surface area contributed by atoms with Gasteiger partial charge in [0.1, 0.15) is 6.54 Å². The van der Waals surface area contributed by atoms with Gasteiger partial charge in [0.25, 0.3) is 11.8 Å². The number of hydroxylamine groups is 2. The summed E-state index contributed by atoms with van der Waals surface area (Å²) in [6.07, 6.45) is 0.296. The minimum Gasteiger partial charge on any atom is -0.480 e. The fourth-order valence-corrected chi connectivity index (χ4v) is 1.01. The van der Waals surface area contributed by atoms with Crippen LogP contribution < -0.4 is 10.6 Å². The highest BCUT2D eigenvalue weighted by Crippen LogP contribution is 2.06. The summed E-state index contributed by atoms with van der Waals surface area (Å²) < 4.78 is 0. The van der Waals surface area contributed by atoms with Crippen LogP contribution in [0.2, 0.25) is 0 Å². The third kappa shape index (κ3) is 7.76. The number of imide groups is 1. The van der Waals surface area contributed by atoms with E-state index in [1.165, 1.54) is 6.92 Å². The summed E-state index contributed by atoms with van der Waals surface area (Å²) in [6, 6.07) is 0. The smallest absolute Gasteiger partial charge is 0.322 e. The molecule has 1 heterocycles. The van der Waals surface area contributed by atoms with Crippen molar-refractivity contribution >= 4 is 29.6 Å². The number of carbonyl (C=O) groups excluding carboxylic acids is 4. The molecule has 0 aromatic rings. The van der Waals surface area contributed by atoms with Crippen LogP contribution in [0, 0.1) is 0 Å². The maximum Gasteiger partial charge on any atom is 0.322 e. The van der Waals surface area contributed by atoms with Gasteiger partial charge in [-0.05, 0) is 0 Å². The highest BCUT2D eigenvalue weighted by molar-refractivity contribution is 6.00. The van der Waals surface area contributed by atoms with E-state index >= 15 is 0 Å². The van der Waals surface area contributed by atoms with Crippen LogP contribution in [0.3, 0.4) is 0 Å². The second-order valence-electron chi connectivity index (χ2n) is 3.68. The van der Waals surface area contributed by atoms with Crippen LogP contribution >= 0.6 is 0 Å². The molecule has 4 amide bonds. The second kappa shape index (κ2) is 8.58. The number of nitrogens with zero attached hydrogens (tertiary/aromatic N) is 1. The number of hydrogen-bond acceptors (Lipinski definition) is 6. The number of carbonyl (C=O) groups is 5. The normalized spacial score (nSPS) is 13.4. The predicted octanol–water partition coefficient (Wildman–Crippen LogP) is -2.15. The molecule has 112 valence electrons. The number of aliphatic carboxylic acids is 1. The van der Waals surface area contributed by atoms with Gasteiger partial charge in [0.2, 0.25) is 11.8 Å². The van der Waals surface area contributed by atoms with Crippen molar-refractivity contribution in [1.82, 2.24) is 15.7 Å². The molecule has 0 spiro atoms. The predicted molar refractivity (Wildman–Crippen MR) is 62.2 cm³/mol. The Kier molecular flexibility index (Phi) is 7.52. The molecule has 0 aromatic heterocycles. The summed E-state index contributed by atoms with van der Waals surface area (Å²) in [5, 5.41) is 21.0. The number of carboxylic acids is 1. The molecule has 0 aliphatic carbocycles. The van der Waals surface area contributed by atoms with Crippen molar-refractivity contribution < 1.29 is 34.3 Å². The molecule has 1 saturated heterocycles. The second-order valence-corrected chi connectivity index (χ2v) is 3.68. The monoisotopic (exact) mass is 289 g/mol. The number of carboxylic acid groups (broad SMARTS) is 1. The number of hydrogen-bond donors (Lipinski definition) is 4. The van der Waals surface area contributed by atoms with Crippen LogP contribution in [0.25, 0.3) is 0 Å². The minimum atomic E-state index is -1.12. The van der Waals surface area contributed by atoms with E-state index in [2.05, 4.69) is 10.6 Å². The molecule has 0 aromatic carbocycles. The Balaban J connectivity index is 0.000000388. The largest absolute Gasteiger partial charge is 0.480 e. The molecule has 10 heteroatoms. The summed E-state index contributed by atoms with van der Waals surface area (Å²) >= 11 is 0. The SMILES string of the molecule is CC(=O)NCC(=O)NCC(=O)O.O=C1CCC(=O)N1O. The van der Waals surface area contributed by atoms with Gasteiger partial charge in [-0.1, -0.05) is 0 Å². The summed E-state index contributed by atoms with van der Waals surface area (Å²) in [6.45, 7) is 0.644. The molecule has 1 fully saturated rings. The summed E-state index contributed by atoms with van der Waals surface area (Å²) in [4.78, 5) is 51.4. The first-order valence-corrected chi connectivity index (χ1v) is 5.51. The van der Waals surface area contributed by atoms with Gasteiger partial charge < -0.3 is 15.7 Å². The molecule has 0 unspecified atom stereocenters.